The molecular formula is C28H21BrF3N3O3. The van der Waals surface area contributed by atoms with E-state index in [9.17, 15) is 22.8 Å². The van der Waals surface area contributed by atoms with Gasteiger partial charge in [0, 0.05) is 27.7 Å². The van der Waals surface area contributed by atoms with E-state index in [1.54, 1.807) is 31.4 Å². The quantitative estimate of drug-likeness (QED) is 0.300. The molecule has 0 radical (unpaired) electrons. The van der Waals surface area contributed by atoms with Crippen molar-refractivity contribution >= 4 is 21.8 Å². The maximum atomic E-state index is 13.8. The lowest BCUT2D eigenvalue weighted by Gasteiger charge is -2.29. The summed E-state index contributed by atoms with van der Waals surface area (Å²) >= 11 is 2.91. The van der Waals surface area contributed by atoms with Crippen LogP contribution in [0.15, 0.2) is 82.1 Å². The predicted octanol–water partition coefficient (Wildman–Crippen LogP) is 5.89. The number of halogens is 4. The lowest BCUT2D eigenvalue weighted by Crippen LogP contribution is -2.40. The van der Waals surface area contributed by atoms with E-state index in [1.807, 2.05) is 30.3 Å². The van der Waals surface area contributed by atoms with E-state index in [2.05, 4.69) is 15.9 Å². The van der Waals surface area contributed by atoms with Crippen LogP contribution in [0.5, 0.6) is 5.75 Å². The molecule has 1 aliphatic rings. The van der Waals surface area contributed by atoms with Gasteiger partial charge in [-0.25, -0.2) is 4.98 Å². The Balaban J connectivity index is 1.56. The molecule has 0 N–H and O–H groups in total. The highest BCUT2D eigenvalue weighted by atomic mass is 79.9. The molecule has 2 heterocycles. The number of rotatable bonds is 4. The SMILES string of the molecule is COc1ccc(-n2c(-c3ccccc3)nc3c(c2=O)CCN(C(=O)c2ccc(Br)c(C(F)(F)F)c2)C3)cc1. The van der Waals surface area contributed by atoms with Crippen LogP contribution in [-0.2, 0) is 19.1 Å². The first-order valence-electron chi connectivity index (χ1n) is 11.7. The summed E-state index contributed by atoms with van der Waals surface area (Å²) in [6, 6.07) is 19.6. The molecule has 38 heavy (non-hydrogen) atoms. The second-order valence-electron chi connectivity index (χ2n) is 8.73. The van der Waals surface area contributed by atoms with Gasteiger partial charge < -0.3 is 9.64 Å². The largest absolute Gasteiger partial charge is 0.497 e. The standard InChI is InChI=1S/C28H21BrF3N3O3/c1-38-20-10-8-19(9-11-20)35-25(17-5-3-2-4-6-17)33-24-16-34(14-13-21(24)27(35)37)26(36)18-7-12-23(29)22(15-18)28(30,31)32/h2-12,15H,13-14,16H2,1H3. The van der Waals surface area contributed by atoms with Crippen molar-refractivity contribution in [2.45, 2.75) is 19.1 Å². The van der Waals surface area contributed by atoms with E-state index < -0.39 is 17.6 Å². The number of carbonyl (C=O) groups is 1. The molecular weight excluding hydrogens is 563 g/mol. The summed E-state index contributed by atoms with van der Waals surface area (Å²) in [5.41, 5.74) is 0.940. The van der Waals surface area contributed by atoms with Crippen molar-refractivity contribution in [3.8, 4) is 22.8 Å². The third-order valence-corrected chi connectivity index (χ3v) is 7.09. The molecule has 1 aliphatic heterocycles. The van der Waals surface area contributed by atoms with Crippen molar-refractivity contribution in [3.05, 3.63) is 110 Å². The van der Waals surface area contributed by atoms with E-state index in [1.165, 1.54) is 21.6 Å². The summed E-state index contributed by atoms with van der Waals surface area (Å²) in [7, 11) is 1.56. The van der Waals surface area contributed by atoms with E-state index in [4.69, 9.17) is 9.72 Å². The number of aromatic nitrogens is 2. The summed E-state index contributed by atoms with van der Waals surface area (Å²) in [6.45, 7) is 0.178. The molecule has 0 saturated carbocycles. The van der Waals surface area contributed by atoms with Gasteiger partial charge >= 0.3 is 6.18 Å². The molecule has 5 rings (SSSR count). The van der Waals surface area contributed by atoms with Crippen molar-refractivity contribution in [3.63, 3.8) is 0 Å². The number of methoxy groups -OCH3 is 1. The Kier molecular flexibility index (Phi) is 6.83. The molecule has 6 nitrogen and oxygen atoms in total. The zero-order chi connectivity index (χ0) is 27.0. The lowest BCUT2D eigenvalue weighted by atomic mass is 10.0. The Hall–Kier alpha value is -3.92. The average molecular weight is 584 g/mol. The van der Waals surface area contributed by atoms with E-state index >= 15 is 0 Å². The summed E-state index contributed by atoms with van der Waals surface area (Å²) in [4.78, 5) is 33.2. The fourth-order valence-electron chi connectivity index (χ4n) is 4.47. The fraction of sp³-hybridized carbons (Fsp3) is 0.179. The van der Waals surface area contributed by atoms with E-state index in [0.29, 0.717) is 34.1 Å². The van der Waals surface area contributed by atoms with Gasteiger partial charge in [-0.1, -0.05) is 46.3 Å². The normalized spacial score (nSPS) is 13.2. The zero-order valence-corrected chi connectivity index (χ0v) is 21.7. The Morgan fingerprint density at radius 3 is 2.39 bits per heavy atom. The van der Waals surface area contributed by atoms with Crippen LogP contribution in [0.1, 0.15) is 27.2 Å². The molecule has 0 aliphatic carbocycles. The highest BCUT2D eigenvalue weighted by Crippen LogP contribution is 2.36. The van der Waals surface area contributed by atoms with E-state index in [0.717, 1.165) is 6.07 Å². The van der Waals surface area contributed by atoms with Crippen molar-refractivity contribution in [1.29, 1.82) is 0 Å². The van der Waals surface area contributed by atoms with Crippen LogP contribution in [0, 0.1) is 0 Å². The van der Waals surface area contributed by atoms with Gasteiger partial charge in [-0.15, -0.1) is 0 Å². The minimum absolute atomic E-state index is 0.00408. The van der Waals surface area contributed by atoms with Crippen molar-refractivity contribution in [1.82, 2.24) is 14.5 Å². The van der Waals surface area contributed by atoms with Gasteiger partial charge in [0.25, 0.3) is 11.5 Å². The van der Waals surface area contributed by atoms with Crippen LogP contribution >= 0.6 is 15.9 Å². The first-order valence-corrected chi connectivity index (χ1v) is 12.5. The molecule has 1 aromatic heterocycles. The molecule has 0 bridgehead atoms. The molecule has 0 atom stereocenters. The number of amides is 1. The summed E-state index contributed by atoms with van der Waals surface area (Å²) in [6.07, 6.45) is -4.39. The fourth-order valence-corrected chi connectivity index (χ4v) is 4.94. The van der Waals surface area contributed by atoms with Crippen LogP contribution in [0.25, 0.3) is 17.1 Å². The molecule has 10 heteroatoms. The molecule has 0 spiro atoms. The number of hydrogen-bond acceptors (Lipinski definition) is 4. The number of benzene rings is 3. The molecule has 1 amide bonds. The molecule has 0 saturated heterocycles. The van der Waals surface area contributed by atoms with Gasteiger partial charge in [0.1, 0.15) is 11.6 Å². The van der Waals surface area contributed by atoms with Crippen LogP contribution in [0.2, 0.25) is 0 Å². The summed E-state index contributed by atoms with van der Waals surface area (Å²) in [5, 5.41) is 0. The van der Waals surface area contributed by atoms with Gasteiger partial charge in [0.2, 0.25) is 0 Å². The van der Waals surface area contributed by atoms with Crippen molar-refractivity contribution in [2.24, 2.45) is 0 Å². The van der Waals surface area contributed by atoms with Crippen LogP contribution in [0.4, 0.5) is 13.2 Å². The highest BCUT2D eigenvalue weighted by Gasteiger charge is 2.34. The zero-order valence-electron chi connectivity index (χ0n) is 20.1. The Morgan fingerprint density at radius 1 is 1.03 bits per heavy atom. The summed E-state index contributed by atoms with van der Waals surface area (Å²) in [5.74, 6) is 0.484. The van der Waals surface area contributed by atoms with Crippen LogP contribution in [-0.4, -0.2) is 34.0 Å². The molecule has 3 aromatic carbocycles. The lowest BCUT2D eigenvalue weighted by molar-refractivity contribution is -0.138. The molecule has 4 aromatic rings. The minimum Gasteiger partial charge on any atom is -0.497 e. The average Bonchev–Trinajstić information content (AvgIpc) is 2.92. The van der Waals surface area contributed by atoms with Crippen molar-refractivity contribution < 1.29 is 22.7 Å². The summed E-state index contributed by atoms with van der Waals surface area (Å²) < 4.78 is 46.8. The third-order valence-electron chi connectivity index (χ3n) is 6.40. The number of fused-ring (bicyclic) bond motifs is 1. The van der Waals surface area contributed by atoms with Crippen LogP contribution in [0.3, 0.4) is 0 Å². The maximum Gasteiger partial charge on any atom is 0.417 e. The van der Waals surface area contributed by atoms with Gasteiger partial charge in [-0.2, -0.15) is 13.2 Å². The molecule has 0 fully saturated rings. The van der Waals surface area contributed by atoms with Gasteiger partial charge in [-0.3, -0.25) is 14.2 Å². The topological polar surface area (TPSA) is 64.4 Å². The number of carbonyl (C=O) groups excluding carboxylic acids is 1. The van der Waals surface area contributed by atoms with Gasteiger partial charge in [0.05, 0.1) is 30.6 Å². The number of hydrogen-bond donors (Lipinski definition) is 0. The van der Waals surface area contributed by atoms with Crippen molar-refractivity contribution in [2.75, 3.05) is 13.7 Å². The Bertz CT molecular complexity index is 1570. The third kappa shape index (κ3) is 4.83. The predicted molar refractivity (Wildman–Crippen MR) is 139 cm³/mol. The van der Waals surface area contributed by atoms with Gasteiger partial charge in [-0.05, 0) is 48.9 Å². The first-order chi connectivity index (χ1) is 18.2. The van der Waals surface area contributed by atoms with E-state index in [-0.39, 0.29) is 35.1 Å². The highest BCUT2D eigenvalue weighted by molar-refractivity contribution is 9.10. The molecule has 0 unspecified atom stereocenters. The molecule has 194 valence electrons. The second-order valence-corrected chi connectivity index (χ2v) is 9.59. The number of ether oxygens (including phenoxy) is 1. The minimum atomic E-state index is -4.61. The van der Waals surface area contributed by atoms with Gasteiger partial charge in [0.15, 0.2) is 0 Å². The second kappa shape index (κ2) is 10.1. The smallest absolute Gasteiger partial charge is 0.417 e. The maximum absolute atomic E-state index is 13.8. The first kappa shape index (κ1) is 25.7. The monoisotopic (exact) mass is 583 g/mol. The number of nitrogens with zero attached hydrogens (tertiary/aromatic N) is 3. The number of alkyl halides is 3. The Morgan fingerprint density at radius 2 is 1.74 bits per heavy atom. The Labute approximate surface area is 224 Å². The van der Waals surface area contributed by atoms with Crippen LogP contribution < -0.4 is 10.3 Å².